The molecule has 0 saturated heterocycles. The highest BCUT2D eigenvalue weighted by Gasteiger charge is 2.12. The third kappa shape index (κ3) is 2.41. The number of ether oxygens (including phenoxy) is 1. The van der Waals surface area contributed by atoms with Crippen molar-refractivity contribution in [3.05, 3.63) is 36.2 Å². The zero-order chi connectivity index (χ0) is 12.3. The van der Waals surface area contributed by atoms with Gasteiger partial charge >= 0.3 is 0 Å². The molecular weight excluding hydrogens is 220 g/mol. The van der Waals surface area contributed by atoms with Gasteiger partial charge in [0.25, 0.3) is 5.91 Å². The van der Waals surface area contributed by atoms with E-state index >= 15 is 0 Å². The molecule has 0 fully saturated rings. The Kier molecular flexibility index (Phi) is 3.04. The summed E-state index contributed by atoms with van der Waals surface area (Å²) in [5, 5.41) is 10.1. The molecule has 88 valence electrons. The highest BCUT2D eigenvalue weighted by Crippen LogP contribution is 2.23. The molecule has 6 nitrogen and oxygen atoms in total. The van der Waals surface area contributed by atoms with Gasteiger partial charge in [0.2, 0.25) is 0 Å². The summed E-state index contributed by atoms with van der Waals surface area (Å²) < 4.78 is 6.60. The average Bonchev–Trinajstić information content (AvgIpc) is 2.77. The van der Waals surface area contributed by atoms with Gasteiger partial charge in [0.15, 0.2) is 5.69 Å². The lowest BCUT2D eigenvalue weighted by molar-refractivity contribution is 0.102. The van der Waals surface area contributed by atoms with E-state index in [4.69, 9.17) is 4.74 Å². The van der Waals surface area contributed by atoms with Crippen LogP contribution in [0.3, 0.4) is 0 Å². The van der Waals surface area contributed by atoms with Crippen molar-refractivity contribution < 1.29 is 9.53 Å². The number of nitrogens with one attached hydrogen (secondary N) is 1. The van der Waals surface area contributed by atoms with Crippen molar-refractivity contribution >= 4 is 11.6 Å². The number of anilines is 1. The molecule has 0 spiro atoms. The van der Waals surface area contributed by atoms with Crippen molar-refractivity contribution in [2.75, 3.05) is 12.4 Å². The Bertz CT molecular complexity index is 536. The molecule has 1 amide bonds. The molecule has 17 heavy (non-hydrogen) atoms. The Morgan fingerprint density at radius 1 is 1.41 bits per heavy atom. The molecule has 0 aliphatic rings. The molecule has 2 aromatic rings. The lowest BCUT2D eigenvalue weighted by atomic mass is 10.3. The van der Waals surface area contributed by atoms with Gasteiger partial charge in [0.1, 0.15) is 5.75 Å². The van der Waals surface area contributed by atoms with Gasteiger partial charge in [-0.2, -0.15) is 0 Å². The highest BCUT2D eigenvalue weighted by molar-refractivity contribution is 6.03. The van der Waals surface area contributed by atoms with Gasteiger partial charge in [0, 0.05) is 7.05 Å². The van der Waals surface area contributed by atoms with Crippen LogP contribution >= 0.6 is 0 Å². The van der Waals surface area contributed by atoms with E-state index in [9.17, 15) is 4.79 Å². The minimum atomic E-state index is -0.317. The molecule has 1 aromatic carbocycles. The summed E-state index contributed by atoms with van der Waals surface area (Å²) in [4.78, 5) is 11.8. The maximum atomic E-state index is 11.8. The van der Waals surface area contributed by atoms with Crippen molar-refractivity contribution in [3.63, 3.8) is 0 Å². The van der Waals surface area contributed by atoms with E-state index in [0.29, 0.717) is 11.4 Å². The van der Waals surface area contributed by atoms with Crippen molar-refractivity contribution in [1.29, 1.82) is 0 Å². The zero-order valence-electron chi connectivity index (χ0n) is 9.54. The summed E-state index contributed by atoms with van der Waals surface area (Å²) in [6.45, 7) is 0. The van der Waals surface area contributed by atoms with Crippen LogP contribution in [0.1, 0.15) is 10.5 Å². The van der Waals surface area contributed by atoms with Crippen molar-refractivity contribution in [2.45, 2.75) is 0 Å². The van der Waals surface area contributed by atoms with Gasteiger partial charge in [-0.3, -0.25) is 9.48 Å². The quantitative estimate of drug-likeness (QED) is 0.859. The maximum absolute atomic E-state index is 11.8. The second-order valence-corrected chi connectivity index (χ2v) is 3.43. The first kappa shape index (κ1) is 11.1. The Balaban J connectivity index is 2.18. The van der Waals surface area contributed by atoms with E-state index in [1.807, 2.05) is 12.1 Å². The first-order valence-electron chi connectivity index (χ1n) is 5.01. The number of hydrogen-bond donors (Lipinski definition) is 1. The number of carbonyl (C=O) groups is 1. The summed E-state index contributed by atoms with van der Waals surface area (Å²) in [6.07, 6.45) is 1.55. The minimum Gasteiger partial charge on any atom is -0.495 e. The molecule has 0 aliphatic heterocycles. The Morgan fingerprint density at radius 3 is 2.82 bits per heavy atom. The van der Waals surface area contributed by atoms with Gasteiger partial charge in [-0.25, -0.2) is 0 Å². The molecule has 0 radical (unpaired) electrons. The van der Waals surface area contributed by atoms with E-state index < -0.39 is 0 Å². The average molecular weight is 232 g/mol. The first-order chi connectivity index (χ1) is 8.20. The maximum Gasteiger partial charge on any atom is 0.277 e. The summed E-state index contributed by atoms with van der Waals surface area (Å²) in [7, 11) is 3.25. The minimum absolute atomic E-state index is 0.262. The van der Waals surface area contributed by atoms with Crippen LogP contribution in [0.15, 0.2) is 30.5 Å². The van der Waals surface area contributed by atoms with E-state index in [-0.39, 0.29) is 11.6 Å². The van der Waals surface area contributed by atoms with Gasteiger partial charge in [-0.05, 0) is 12.1 Å². The summed E-state index contributed by atoms with van der Waals surface area (Å²) in [5.74, 6) is 0.285. The highest BCUT2D eigenvalue weighted by atomic mass is 16.5. The third-order valence-electron chi connectivity index (χ3n) is 2.19. The molecule has 0 bridgehead atoms. The SMILES string of the molecule is COc1ccccc1NC(=O)c1cn(C)nn1. The second kappa shape index (κ2) is 4.65. The number of methoxy groups -OCH3 is 1. The normalized spacial score (nSPS) is 10.0. The van der Waals surface area contributed by atoms with Gasteiger partial charge in [-0.15, -0.1) is 5.10 Å². The predicted octanol–water partition coefficient (Wildman–Crippen LogP) is 1.08. The third-order valence-corrected chi connectivity index (χ3v) is 2.19. The van der Waals surface area contributed by atoms with Crippen LogP contribution in [0.5, 0.6) is 5.75 Å². The number of amides is 1. The van der Waals surface area contributed by atoms with Gasteiger partial charge in [-0.1, -0.05) is 17.3 Å². The lowest BCUT2D eigenvalue weighted by Crippen LogP contribution is -2.13. The number of hydrogen-bond acceptors (Lipinski definition) is 4. The number of nitrogens with zero attached hydrogens (tertiary/aromatic N) is 3. The van der Waals surface area contributed by atoms with Crippen LogP contribution < -0.4 is 10.1 Å². The van der Waals surface area contributed by atoms with Crippen molar-refractivity contribution in [3.8, 4) is 5.75 Å². The van der Waals surface area contributed by atoms with Crippen LogP contribution in [0.2, 0.25) is 0 Å². The second-order valence-electron chi connectivity index (χ2n) is 3.43. The molecular formula is C11H12N4O2. The van der Waals surface area contributed by atoms with Crippen LogP contribution in [0.25, 0.3) is 0 Å². The fourth-order valence-electron chi connectivity index (χ4n) is 1.39. The van der Waals surface area contributed by atoms with Gasteiger partial charge < -0.3 is 10.1 Å². The number of carbonyl (C=O) groups excluding carboxylic acids is 1. The molecule has 1 aromatic heterocycles. The van der Waals surface area contributed by atoms with Crippen LogP contribution in [-0.4, -0.2) is 28.0 Å². The summed E-state index contributed by atoms with van der Waals surface area (Å²) in [5.41, 5.74) is 0.865. The van der Waals surface area contributed by atoms with Crippen molar-refractivity contribution in [2.24, 2.45) is 7.05 Å². The number of rotatable bonds is 3. The van der Waals surface area contributed by atoms with Crippen LogP contribution in [-0.2, 0) is 7.05 Å². The Hall–Kier alpha value is -2.37. The smallest absolute Gasteiger partial charge is 0.277 e. The topological polar surface area (TPSA) is 69.0 Å². The van der Waals surface area contributed by atoms with Crippen LogP contribution in [0, 0.1) is 0 Å². The Morgan fingerprint density at radius 2 is 2.18 bits per heavy atom. The number of benzene rings is 1. The molecule has 6 heteroatoms. The molecule has 2 rings (SSSR count). The standard InChI is InChI=1S/C11H12N4O2/c1-15-7-9(13-14-15)11(16)12-8-5-3-4-6-10(8)17-2/h3-7H,1-2H3,(H,12,16). The summed E-state index contributed by atoms with van der Waals surface area (Å²) in [6, 6.07) is 7.17. The molecule has 0 saturated carbocycles. The molecule has 1 heterocycles. The number of aryl methyl sites for hydroxylation is 1. The van der Waals surface area contributed by atoms with E-state index in [1.54, 1.807) is 32.5 Å². The molecule has 0 aliphatic carbocycles. The zero-order valence-corrected chi connectivity index (χ0v) is 9.54. The Labute approximate surface area is 98.2 Å². The van der Waals surface area contributed by atoms with E-state index in [0.717, 1.165) is 0 Å². The number of aromatic nitrogens is 3. The lowest BCUT2D eigenvalue weighted by Gasteiger charge is -2.08. The van der Waals surface area contributed by atoms with Crippen molar-refractivity contribution in [1.82, 2.24) is 15.0 Å². The predicted molar refractivity (Wildman–Crippen MR) is 62.0 cm³/mol. The van der Waals surface area contributed by atoms with Gasteiger partial charge in [0.05, 0.1) is 19.0 Å². The monoisotopic (exact) mass is 232 g/mol. The molecule has 0 unspecified atom stereocenters. The molecule has 0 atom stereocenters. The fraction of sp³-hybridized carbons (Fsp3) is 0.182. The first-order valence-corrected chi connectivity index (χ1v) is 5.01. The fourth-order valence-corrected chi connectivity index (χ4v) is 1.39. The van der Waals surface area contributed by atoms with E-state index in [2.05, 4.69) is 15.6 Å². The van der Waals surface area contributed by atoms with Crippen LogP contribution in [0.4, 0.5) is 5.69 Å². The summed E-state index contributed by atoms with van der Waals surface area (Å²) >= 11 is 0. The molecule has 1 N–H and O–H groups in total. The van der Waals surface area contributed by atoms with E-state index in [1.165, 1.54) is 4.68 Å². The number of para-hydroxylation sites is 2. The largest absolute Gasteiger partial charge is 0.495 e.